The molecule has 90 valence electrons. The van der Waals surface area contributed by atoms with Crippen LogP contribution in [0, 0.1) is 5.41 Å². The molecule has 0 fully saturated rings. The summed E-state index contributed by atoms with van der Waals surface area (Å²) in [6, 6.07) is 4.44. The molecule has 3 nitrogen and oxygen atoms in total. The van der Waals surface area contributed by atoms with E-state index in [1.165, 1.54) is 0 Å². The average molecular weight is 221 g/mol. The quantitative estimate of drug-likeness (QED) is 0.852. The number of hydrogen-bond donors (Lipinski definition) is 1. The van der Waals surface area contributed by atoms with Crippen LogP contribution in [0.15, 0.2) is 18.3 Å². The van der Waals surface area contributed by atoms with Crippen LogP contribution < -0.4 is 10.6 Å². The van der Waals surface area contributed by atoms with Crippen LogP contribution in [-0.4, -0.2) is 18.1 Å². The molecule has 0 saturated heterocycles. The Morgan fingerprint density at radius 2 is 2.06 bits per heavy atom. The van der Waals surface area contributed by atoms with Gasteiger partial charge in [-0.15, -0.1) is 0 Å². The Labute approximate surface area is 98.7 Å². The molecule has 0 radical (unpaired) electrons. The predicted octanol–water partition coefficient (Wildman–Crippen LogP) is 2.41. The molecule has 2 N–H and O–H groups in total. The number of nitrogens with two attached hydrogens (primary N) is 1. The average Bonchev–Trinajstić information content (AvgIpc) is 2.26. The van der Waals surface area contributed by atoms with Crippen LogP contribution in [0.1, 0.15) is 33.3 Å². The molecule has 1 unspecified atom stereocenters. The van der Waals surface area contributed by atoms with Crippen molar-refractivity contribution in [3.63, 3.8) is 0 Å². The predicted molar refractivity (Wildman–Crippen MR) is 69.4 cm³/mol. The molecule has 1 aromatic rings. The smallest absolute Gasteiger partial charge is 0.128 e. The minimum atomic E-state index is 0.231. The van der Waals surface area contributed by atoms with Gasteiger partial charge < -0.3 is 10.6 Å². The summed E-state index contributed by atoms with van der Waals surface area (Å²) in [5.74, 6) is 0.991. The fraction of sp³-hybridized carbons (Fsp3) is 0.615. The molecular formula is C13H23N3. The van der Waals surface area contributed by atoms with Crippen molar-refractivity contribution in [1.29, 1.82) is 0 Å². The zero-order valence-corrected chi connectivity index (χ0v) is 11.0. The van der Waals surface area contributed by atoms with Gasteiger partial charge in [0, 0.05) is 25.8 Å². The Morgan fingerprint density at radius 1 is 1.44 bits per heavy atom. The van der Waals surface area contributed by atoms with Gasteiger partial charge in [0.1, 0.15) is 5.82 Å². The number of aromatic nitrogens is 1. The van der Waals surface area contributed by atoms with E-state index in [2.05, 4.69) is 50.7 Å². The van der Waals surface area contributed by atoms with Crippen molar-refractivity contribution in [2.24, 2.45) is 11.1 Å². The van der Waals surface area contributed by atoms with Gasteiger partial charge in [-0.25, -0.2) is 4.98 Å². The van der Waals surface area contributed by atoms with Gasteiger partial charge in [-0.05, 0) is 30.0 Å². The maximum atomic E-state index is 5.63. The largest absolute Gasteiger partial charge is 0.356 e. The summed E-state index contributed by atoms with van der Waals surface area (Å²) < 4.78 is 0. The number of pyridine rings is 1. The molecule has 16 heavy (non-hydrogen) atoms. The SMILES string of the molecule is CC(N(C)c1cc(CN)ccn1)C(C)(C)C. The lowest BCUT2D eigenvalue weighted by atomic mass is 9.87. The highest BCUT2D eigenvalue weighted by atomic mass is 15.2. The highest BCUT2D eigenvalue weighted by Gasteiger charge is 2.24. The lowest BCUT2D eigenvalue weighted by Gasteiger charge is -2.36. The van der Waals surface area contributed by atoms with Crippen molar-refractivity contribution in [1.82, 2.24) is 4.98 Å². The summed E-state index contributed by atoms with van der Waals surface area (Å²) >= 11 is 0. The van der Waals surface area contributed by atoms with Crippen LogP contribution in [0.5, 0.6) is 0 Å². The second-order valence-corrected chi connectivity index (χ2v) is 5.38. The second kappa shape index (κ2) is 4.83. The van der Waals surface area contributed by atoms with Crippen LogP contribution in [-0.2, 0) is 6.54 Å². The van der Waals surface area contributed by atoms with Crippen LogP contribution >= 0.6 is 0 Å². The summed E-state index contributed by atoms with van der Waals surface area (Å²) in [7, 11) is 2.08. The fourth-order valence-electron chi connectivity index (χ4n) is 1.56. The Morgan fingerprint density at radius 3 is 2.56 bits per heavy atom. The molecule has 0 amide bonds. The molecule has 1 atom stereocenters. The third-order valence-electron chi connectivity index (χ3n) is 3.24. The maximum Gasteiger partial charge on any atom is 0.128 e. The maximum absolute atomic E-state index is 5.63. The second-order valence-electron chi connectivity index (χ2n) is 5.38. The van der Waals surface area contributed by atoms with Crippen LogP contribution in [0.2, 0.25) is 0 Å². The summed E-state index contributed by atoms with van der Waals surface area (Å²) in [6.45, 7) is 9.49. The lowest BCUT2D eigenvalue weighted by molar-refractivity contribution is 0.328. The van der Waals surface area contributed by atoms with Crippen LogP contribution in [0.25, 0.3) is 0 Å². The van der Waals surface area contributed by atoms with Gasteiger partial charge in [-0.2, -0.15) is 0 Å². The summed E-state index contributed by atoms with van der Waals surface area (Å²) in [5.41, 5.74) is 6.99. The van der Waals surface area contributed by atoms with Crippen molar-refractivity contribution < 1.29 is 0 Å². The Bertz CT molecular complexity index is 341. The molecule has 3 heteroatoms. The Balaban J connectivity index is 2.91. The number of rotatable bonds is 3. The van der Waals surface area contributed by atoms with Gasteiger partial charge >= 0.3 is 0 Å². The van der Waals surface area contributed by atoms with Crippen LogP contribution in [0.4, 0.5) is 5.82 Å². The monoisotopic (exact) mass is 221 g/mol. The van der Waals surface area contributed by atoms with Gasteiger partial charge in [0.2, 0.25) is 0 Å². The molecule has 0 spiro atoms. The summed E-state index contributed by atoms with van der Waals surface area (Å²) in [5, 5.41) is 0. The van der Waals surface area contributed by atoms with Crippen molar-refractivity contribution in [3.05, 3.63) is 23.9 Å². The molecule has 0 aliphatic rings. The zero-order valence-electron chi connectivity index (χ0n) is 11.0. The van der Waals surface area contributed by atoms with Crippen LogP contribution in [0.3, 0.4) is 0 Å². The van der Waals surface area contributed by atoms with E-state index in [1.807, 2.05) is 12.3 Å². The number of hydrogen-bond acceptors (Lipinski definition) is 3. The van der Waals surface area contributed by atoms with E-state index in [4.69, 9.17) is 5.73 Å². The minimum absolute atomic E-state index is 0.231. The van der Waals surface area contributed by atoms with Crippen molar-refractivity contribution in [3.8, 4) is 0 Å². The van der Waals surface area contributed by atoms with Gasteiger partial charge in [0.15, 0.2) is 0 Å². The van der Waals surface area contributed by atoms with Crippen molar-refractivity contribution in [2.45, 2.75) is 40.3 Å². The van der Waals surface area contributed by atoms with Gasteiger partial charge in [0.05, 0.1) is 0 Å². The molecule has 0 saturated carbocycles. The molecule has 0 bridgehead atoms. The molecule has 1 rings (SSSR count). The Hall–Kier alpha value is -1.09. The fourth-order valence-corrected chi connectivity index (χ4v) is 1.56. The normalized spacial score (nSPS) is 13.6. The highest BCUT2D eigenvalue weighted by molar-refractivity contribution is 5.41. The lowest BCUT2D eigenvalue weighted by Crippen LogP contribution is -2.39. The summed E-state index contributed by atoms with van der Waals surface area (Å²) in [4.78, 5) is 6.60. The summed E-state index contributed by atoms with van der Waals surface area (Å²) in [6.07, 6.45) is 1.82. The van der Waals surface area contributed by atoms with E-state index in [1.54, 1.807) is 0 Å². The third kappa shape index (κ3) is 2.95. The minimum Gasteiger partial charge on any atom is -0.356 e. The Kier molecular flexibility index (Phi) is 3.92. The molecule has 1 heterocycles. The van der Waals surface area contributed by atoms with E-state index in [0.717, 1.165) is 11.4 Å². The van der Waals surface area contributed by atoms with Gasteiger partial charge in [-0.1, -0.05) is 20.8 Å². The molecule has 0 aliphatic carbocycles. The van der Waals surface area contributed by atoms with Crippen molar-refractivity contribution >= 4 is 5.82 Å². The first-order chi connectivity index (χ1) is 7.36. The third-order valence-corrected chi connectivity index (χ3v) is 3.24. The van der Waals surface area contributed by atoms with E-state index in [9.17, 15) is 0 Å². The first kappa shape index (κ1) is 13.0. The number of nitrogens with zero attached hydrogens (tertiary/aromatic N) is 2. The highest BCUT2D eigenvalue weighted by Crippen LogP contribution is 2.26. The van der Waals surface area contributed by atoms with E-state index in [0.29, 0.717) is 12.6 Å². The molecule has 1 aromatic heterocycles. The van der Waals surface area contributed by atoms with Gasteiger partial charge in [0.25, 0.3) is 0 Å². The van der Waals surface area contributed by atoms with E-state index < -0.39 is 0 Å². The number of anilines is 1. The zero-order chi connectivity index (χ0) is 12.3. The standard InChI is InChI=1S/C13H23N3/c1-10(13(2,3)4)16(5)12-8-11(9-14)6-7-15-12/h6-8,10H,9,14H2,1-5H3. The molecule has 0 aromatic carbocycles. The first-order valence-corrected chi connectivity index (χ1v) is 5.74. The first-order valence-electron chi connectivity index (χ1n) is 5.74. The van der Waals surface area contributed by atoms with Crippen molar-refractivity contribution in [2.75, 3.05) is 11.9 Å². The molecular weight excluding hydrogens is 198 g/mol. The van der Waals surface area contributed by atoms with E-state index >= 15 is 0 Å². The van der Waals surface area contributed by atoms with E-state index in [-0.39, 0.29) is 5.41 Å². The molecule has 0 aliphatic heterocycles. The topological polar surface area (TPSA) is 42.1 Å². The van der Waals surface area contributed by atoms with Gasteiger partial charge in [-0.3, -0.25) is 0 Å².